The van der Waals surface area contributed by atoms with Crippen LogP contribution in [0.1, 0.15) is 15.9 Å². The van der Waals surface area contributed by atoms with Gasteiger partial charge in [0, 0.05) is 18.6 Å². The van der Waals surface area contributed by atoms with Crippen LogP contribution in [0.15, 0.2) is 72.8 Å². The quantitative estimate of drug-likeness (QED) is 0.615. The monoisotopic (exact) mass is 365 g/mol. The first kappa shape index (κ1) is 18.0. The molecule has 0 N–H and O–H groups in total. The van der Waals surface area contributed by atoms with Crippen molar-refractivity contribution in [1.29, 1.82) is 0 Å². The maximum atomic E-state index is 12.8. The molecule has 1 amide bonds. The second kappa shape index (κ2) is 8.07. The first-order valence-corrected chi connectivity index (χ1v) is 8.69. The van der Waals surface area contributed by atoms with Gasteiger partial charge in [-0.3, -0.25) is 4.79 Å². The van der Waals surface area contributed by atoms with E-state index in [9.17, 15) is 4.79 Å². The molecular weight excluding hydrogens is 346 g/mol. The minimum atomic E-state index is -0.130. The highest BCUT2D eigenvalue weighted by Crippen LogP contribution is 2.25. The van der Waals surface area contributed by atoms with Gasteiger partial charge in [-0.15, -0.1) is 0 Å². The molecule has 0 aromatic heterocycles. The van der Waals surface area contributed by atoms with Crippen LogP contribution in [0.5, 0.6) is 5.75 Å². The van der Waals surface area contributed by atoms with Gasteiger partial charge in [0.05, 0.1) is 12.7 Å². The minimum absolute atomic E-state index is 0.130. The van der Waals surface area contributed by atoms with E-state index in [-0.39, 0.29) is 5.91 Å². The number of hydrogen-bond donors (Lipinski definition) is 0. The van der Waals surface area contributed by atoms with Crippen LogP contribution in [0.2, 0.25) is 5.02 Å². The number of hydrogen-bond acceptors (Lipinski definition) is 2. The second-order valence-corrected chi connectivity index (χ2v) is 6.51. The van der Waals surface area contributed by atoms with Crippen molar-refractivity contribution >= 4 is 17.5 Å². The average molecular weight is 366 g/mol. The van der Waals surface area contributed by atoms with Crippen LogP contribution in [0, 0.1) is 0 Å². The molecule has 3 rings (SSSR count). The third-order valence-electron chi connectivity index (χ3n) is 4.19. The molecule has 3 nitrogen and oxygen atoms in total. The normalized spacial score (nSPS) is 10.4. The van der Waals surface area contributed by atoms with E-state index in [0.29, 0.717) is 22.9 Å². The summed E-state index contributed by atoms with van der Waals surface area (Å²) < 4.78 is 5.29. The summed E-state index contributed by atoms with van der Waals surface area (Å²) in [5.74, 6) is 0.388. The van der Waals surface area contributed by atoms with Crippen LogP contribution < -0.4 is 4.74 Å². The summed E-state index contributed by atoms with van der Waals surface area (Å²) in [4.78, 5) is 14.5. The van der Waals surface area contributed by atoms with E-state index in [0.717, 1.165) is 16.7 Å². The van der Waals surface area contributed by atoms with Crippen LogP contribution in [0.3, 0.4) is 0 Å². The Morgan fingerprint density at radius 1 is 0.962 bits per heavy atom. The predicted octanol–water partition coefficient (Wildman–Crippen LogP) is 5.29. The molecule has 0 aliphatic rings. The topological polar surface area (TPSA) is 29.5 Å². The number of ether oxygens (including phenoxy) is 1. The summed E-state index contributed by atoms with van der Waals surface area (Å²) in [5, 5.41) is 0.508. The minimum Gasteiger partial charge on any atom is -0.496 e. The van der Waals surface area contributed by atoms with Gasteiger partial charge in [0.1, 0.15) is 5.75 Å². The van der Waals surface area contributed by atoms with Gasteiger partial charge in [-0.1, -0.05) is 60.1 Å². The number of amides is 1. The molecule has 0 heterocycles. The van der Waals surface area contributed by atoms with Crippen molar-refractivity contribution in [3.8, 4) is 16.9 Å². The standard InChI is InChI=1S/C22H20ClNO2/c1-24(22(25)20-14-19(23)11-12-21(20)26-2)15-16-7-6-10-18(13-16)17-8-4-3-5-9-17/h3-14H,15H2,1-2H3. The highest BCUT2D eigenvalue weighted by molar-refractivity contribution is 6.31. The summed E-state index contributed by atoms with van der Waals surface area (Å²) in [5.41, 5.74) is 3.80. The molecule has 3 aromatic carbocycles. The fourth-order valence-corrected chi connectivity index (χ4v) is 3.05. The van der Waals surface area contributed by atoms with Gasteiger partial charge in [-0.25, -0.2) is 0 Å². The number of methoxy groups -OCH3 is 1. The molecule has 0 atom stereocenters. The number of carbonyl (C=O) groups excluding carboxylic acids is 1. The van der Waals surface area contributed by atoms with Crippen molar-refractivity contribution in [2.45, 2.75) is 6.54 Å². The van der Waals surface area contributed by atoms with Gasteiger partial charge >= 0.3 is 0 Å². The summed E-state index contributed by atoms with van der Waals surface area (Å²) in [6.45, 7) is 0.495. The van der Waals surface area contributed by atoms with Crippen LogP contribution >= 0.6 is 11.6 Å². The van der Waals surface area contributed by atoms with Crippen molar-refractivity contribution in [2.24, 2.45) is 0 Å². The number of carbonyl (C=O) groups is 1. The van der Waals surface area contributed by atoms with E-state index >= 15 is 0 Å². The van der Waals surface area contributed by atoms with E-state index in [1.807, 2.05) is 30.3 Å². The number of rotatable bonds is 5. The molecule has 0 aliphatic heterocycles. The van der Waals surface area contributed by atoms with Crippen molar-refractivity contribution in [1.82, 2.24) is 4.90 Å². The van der Waals surface area contributed by atoms with Crippen molar-refractivity contribution in [2.75, 3.05) is 14.2 Å². The molecule has 0 saturated carbocycles. The Hall–Kier alpha value is -2.78. The molecule has 0 bridgehead atoms. The summed E-state index contributed by atoms with van der Waals surface area (Å²) in [6, 6.07) is 23.4. The first-order chi connectivity index (χ1) is 12.6. The molecule has 4 heteroatoms. The zero-order valence-corrected chi connectivity index (χ0v) is 15.5. The molecule has 0 aliphatic carbocycles. The Morgan fingerprint density at radius 3 is 2.42 bits per heavy atom. The third-order valence-corrected chi connectivity index (χ3v) is 4.43. The van der Waals surface area contributed by atoms with Gasteiger partial charge in [0.25, 0.3) is 5.91 Å². The molecule has 0 fully saturated rings. The van der Waals surface area contributed by atoms with E-state index in [1.54, 1.807) is 37.3 Å². The Balaban J connectivity index is 1.81. The number of nitrogens with zero attached hydrogens (tertiary/aromatic N) is 1. The SMILES string of the molecule is COc1ccc(Cl)cc1C(=O)N(C)Cc1cccc(-c2ccccc2)c1. The van der Waals surface area contributed by atoms with Gasteiger partial charge in [-0.2, -0.15) is 0 Å². The van der Waals surface area contributed by atoms with Crippen molar-refractivity contribution < 1.29 is 9.53 Å². The Kier molecular flexibility index (Phi) is 5.59. The third kappa shape index (κ3) is 4.06. The number of halogens is 1. The summed E-state index contributed by atoms with van der Waals surface area (Å²) >= 11 is 6.05. The van der Waals surface area contributed by atoms with Gasteiger partial charge < -0.3 is 9.64 Å². The lowest BCUT2D eigenvalue weighted by Gasteiger charge is -2.19. The fraction of sp³-hybridized carbons (Fsp3) is 0.136. The number of benzene rings is 3. The van der Waals surface area contributed by atoms with E-state index in [1.165, 1.54) is 0 Å². The fourth-order valence-electron chi connectivity index (χ4n) is 2.88. The largest absolute Gasteiger partial charge is 0.496 e. The van der Waals surface area contributed by atoms with Gasteiger partial charge in [0.2, 0.25) is 0 Å². The summed E-state index contributed by atoms with van der Waals surface area (Å²) in [6.07, 6.45) is 0. The molecular formula is C22H20ClNO2. The zero-order valence-electron chi connectivity index (χ0n) is 14.8. The molecule has 0 radical (unpaired) electrons. The maximum Gasteiger partial charge on any atom is 0.257 e. The molecule has 0 saturated heterocycles. The Morgan fingerprint density at radius 2 is 1.69 bits per heavy atom. The van der Waals surface area contributed by atoms with Crippen LogP contribution in [-0.2, 0) is 6.54 Å². The second-order valence-electron chi connectivity index (χ2n) is 6.07. The summed E-state index contributed by atoms with van der Waals surface area (Å²) in [7, 11) is 3.32. The smallest absolute Gasteiger partial charge is 0.257 e. The Bertz CT molecular complexity index is 909. The molecule has 0 unspecified atom stereocenters. The van der Waals surface area contributed by atoms with Crippen molar-refractivity contribution in [3.63, 3.8) is 0 Å². The zero-order chi connectivity index (χ0) is 18.5. The van der Waals surface area contributed by atoms with E-state index < -0.39 is 0 Å². The average Bonchev–Trinajstić information content (AvgIpc) is 2.68. The highest BCUT2D eigenvalue weighted by atomic mass is 35.5. The molecule has 132 valence electrons. The van der Waals surface area contributed by atoms with E-state index in [4.69, 9.17) is 16.3 Å². The van der Waals surface area contributed by atoms with Gasteiger partial charge in [-0.05, 0) is 41.0 Å². The van der Waals surface area contributed by atoms with Crippen LogP contribution in [0.25, 0.3) is 11.1 Å². The lowest BCUT2D eigenvalue weighted by Crippen LogP contribution is -2.26. The van der Waals surface area contributed by atoms with Crippen LogP contribution in [-0.4, -0.2) is 25.0 Å². The lowest BCUT2D eigenvalue weighted by atomic mass is 10.0. The molecule has 26 heavy (non-hydrogen) atoms. The highest BCUT2D eigenvalue weighted by Gasteiger charge is 2.17. The predicted molar refractivity (Wildman–Crippen MR) is 106 cm³/mol. The van der Waals surface area contributed by atoms with Crippen molar-refractivity contribution in [3.05, 3.63) is 88.9 Å². The van der Waals surface area contributed by atoms with Gasteiger partial charge in [0.15, 0.2) is 0 Å². The van der Waals surface area contributed by atoms with Crippen LogP contribution in [0.4, 0.5) is 0 Å². The molecule has 0 spiro atoms. The van der Waals surface area contributed by atoms with E-state index in [2.05, 4.69) is 24.3 Å². The maximum absolute atomic E-state index is 12.8. The first-order valence-electron chi connectivity index (χ1n) is 8.32. The Labute approximate surface area is 158 Å². The molecule has 3 aromatic rings. The lowest BCUT2D eigenvalue weighted by molar-refractivity contribution is 0.0781.